The largest absolute Gasteiger partial charge is 0.384 e. The molecular formula is C9H14F6O3. The van der Waals surface area contributed by atoms with Crippen molar-refractivity contribution in [1.82, 2.24) is 0 Å². The van der Waals surface area contributed by atoms with Crippen LogP contribution in [-0.4, -0.2) is 56.4 Å². The molecule has 0 rings (SSSR count). The molecule has 1 unspecified atom stereocenters. The zero-order valence-corrected chi connectivity index (χ0v) is 9.73. The summed E-state index contributed by atoms with van der Waals surface area (Å²) in [6.45, 7) is -2.01. The summed E-state index contributed by atoms with van der Waals surface area (Å²) in [6, 6.07) is 0. The molecule has 0 fully saturated rings. The van der Waals surface area contributed by atoms with Crippen LogP contribution >= 0.6 is 0 Å². The molecule has 0 saturated carbocycles. The standard InChI is InChI=1S/C9H14F6O3/c1-17-4-3-7(10,11)9(14,15)8(12,13)6(16)5-18-2/h6,16H,3-5H2,1-2H3. The maximum Gasteiger partial charge on any atom is 0.374 e. The van der Waals surface area contributed by atoms with Crippen LogP contribution in [0.3, 0.4) is 0 Å². The normalized spacial score (nSPS) is 15.8. The lowest BCUT2D eigenvalue weighted by Gasteiger charge is -2.35. The van der Waals surface area contributed by atoms with Crippen molar-refractivity contribution in [3.63, 3.8) is 0 Å². The molecule has 0 radical (unpaired) electrons. The second kappa shape index (κ2) is 6.07. The summed E-state index contributed by atoms with van der Waals surface area (Å²) in [7, 11) is 1.83. The molecule has 0 aromatic carbocycles. The first kappa shape index (κ1) is 17.5. The fourth-order valence-corrected chi connectivity index (χ4v) is 1.10. The van der Waals surface area contributed by atoms with Crippen molar-refractivity contribution in [2.24, 2.45) is 0 Å². The van der Waals surface area contributed by atoms with Crippen molar-refractivity contribution < 1.29 is 40.9 Å². The lowest BCUT2D eigenvalue weighted by atomic mass is 9.98. The minimum atomic E-state index is -5.71. The van der Waals surface area contributed by atoms with Gasteiger partial charge in [-0.2, -0.15) is 26.3 Å². The molecule has 0 aliphatic heterocycles. The molecule has 0 saturated heterocycles. The highest BCUT2D eigenvalue weighted by atomic mass is 19.3. The van der Waals surface area contributed by atoms with Gasteiger partial charge in [0, 0.05) is 20.6 Å². The first-order chi connectivity index (χ1) is 8.04. The second-order valence-corrected chi connectivity index (χ2v) is 3.62. The van der Waals surface area contributed by atoms with Crippen molar-refractivity contribution in [3.8, 4) is 0 Å². The van der Waals surface area contributed by atoms with Crippen molar-refractivity contribution in [3.05, 3.63) is 0 Å². The summed E-state index contributed by atoms with van der Waals surface area (Å²) in [5, 5.41) is 8.78. The van der Waals surface area contributed by atoms with Crippen LogP contribution in [0.5, 0.6) is 0 Å². The van der Waals surface area contributed by atoms with Crippen LogP contribution in [0.1, 0.15) is 6.42 Å². The Kier molecular flexibility index (Phi) is 5.89. The Hall–Kier alpha value is -0.540. The number of methoxy groups -OCH3 is 2. The molecule has 18 heavy (non-hydrogen) atoms. The van der Waals surface area contributed by atoms with Crippen LogP contribution in [-0.2, 0) is 9.47 Å². The Morgan fingerprint density at radius 2 is 1.50 bits per heavy atom. The van der Waals surface area contributed by atoms with Gasteiger partial charge in [0.05, 0.1) is 13.2 Å². The number of hydrogen-bond donors (Lipinski definition) is 1. The number of hydrogen-bond acceptors (Lipinski definition) is 3. The third kappa shape index (κ3) is 3.27. The van der Waals surface area contributed by atoms with Gasteiger partial charge in [-0.15, -0.1) is 0 Å². The Labute approximate surface area is 99.7 Å². The van der Waals surface area contributed by atoms with E-state index in [9.17, 15) is 26.3 Å². The molecule has 1 N–H and O–H groups in total. The quantitative estimate of drug-likeness (QED) is 0.692. The lowest BCUT2D eigenvalue weighted by Crippen LogP contribution is -2.60. The number of halogens is 6. The smallest absolute Gasteiger partial charge is 0.374 e. The van der Waals surface area contributed by atoms with Crippen LogP contribution in [0, 0.1) is 0 Å². The van der Waals surface area contributed by atoms with Crippen LogP contribution < -0.4 is 0 Å². The van der Waals surface area contributed by atoms with Gasteiger partial charge in [0.25, 0.3) is 0 Å². The predicted octanol–water partition coefficient (Wildman–Crippen LogP) is 1.94. The highest BCUT2D eigenvalue weighted by Gasteiger charge is 2.73. The van der Waals surface area contributed by atoms with E-state index in [1.165, 1.54) is 0 Å². The first-order valence-corrected chi connectivity index (χ1v) is 4.84. The number of ether oxygens (including phenoxy) is 2. The van der Waals surface area contributed by atoms with Gasteiger partial charge in [-0.05, 0) is 0 Å². The fraction of sp³-hybridized carbons (Fsp3) is 1.00. The molecule has 9 heteroatoms. The number of alkyl halides is 6. The Morgan fingerprint density at radius 1 is 1.00 bits per heavy atom. The zero-order valence-electron chi connectivity index (χ0n) is 9.73. The van der Waals surface area contributed by atoms with Crippen molar-refractivity contribution >= 4 is 0 Å². The average molecular weight is 284 g/mol. The van der Waals surface area contributed by atoms with E-state index >= 15 is 0 Å². The highest BCUT2D eigenvalue weighted by molar-refractivity contribution is 4.99. The SMILES string of the molecule is COCCC(F)(F)C(F)(F)C(F)(F)C(O)COC. The van der Waals surface area contributed by atoms with Crippen molar-refractivity contribution in [2.75, 3.05) is 27.4 Å². The van der Waals surface area contributed by atoms with E-state index in [4.69, 9.17) is 5.11 Å². The number of aliphatic hydroxyl groups excluding tert-OH is 1. The molecule has 110 valence electrons. The molecule has 1 atom stereocenters. The molecule has 0 aliphatic carbocycles. The second-order valence-electron chi connectivity index (χ2n) is 3.62. The Balaban J connectivity index is 5.08. The van der Waals surface area contributed by atoms with Gasteiger partial charge in [-0.25, -0.2) is 0 Å². The van der Waals surface area contributed by atoms with E-state index in [1.54, 1.807) is 0 Å². The molecule has 0 aliphatic rings. The van der Waals surface area contributed by atoms with Gasteiger partial charge in [0.15, 0.2) is 0 Å². The Bertz CT molecular complexity index is 259. The third-order valence-electron chi connectivity index (χ3n) is 2.24. The van der Waals surface area contributed by atoms with Gasteiger partial charge in [0.2, 0.25) is 0 Å². The minimum Gasteiger partial charge on any atom is -0.384 e. The van der Waals surface area contributed by atoms with Gasteiger partial charge < -0.3 is 14.6 Å². The monoisotopic (exact) mass is 284 g/mol. The van der Waals surface area contributed by atoms with Gasteiger partial charge in [-0.1, -0.05) is 0 Å². The molecule has 0 spiro atoms. The van der Waals surface area contributed by atoms with Crippen molar-refractivity contribution in [1.29, 1.82) is 0 Å². The summed E-state index contributed by atoms with van der Waals surface area (Å²) < 4.78 is 86.7. The molecule has 0 aromatic heterocycles. The van der Waals surface area contributed by atoms with E-state index in [0.717, 1.165) is 14.2 Å². The van der Waals surface area contributed by atoms with E-state index in [2.05, 4.69) is 9.47 Å². The number of rotatable bonds is 8. The summed E-state index contributed by atoms with van der Waals surface area (Å²) in [5.41, 5.74) is 0. The number of aliphatic hydroxyl groups is 1. The molecular weight excluding hydrogens is 270 g/mol. The first-order valence-electron chi connectivity index (χ1n) is 4.84. The summed E-state index contributed by atoms with van der Waals surface area (Å²) in [4.78, 5) is 0. The van der Waals surface area contributed by atoms with Gasteiger partial charge in [-0.3, -0.25) is 0 Å². The van der Waals surface area contributed by atoms with Crippen LogP contribution in [0.25, 0.3) is 0 Å². The zero-order chi connectivity index (χ0) is 14.6. The van der Waals surface area contributed by atoms with Gasteiger partial charge in [0.1, 0.15) is 6.10 Å². The molecule has 0 amide bonds. The lowest BCUT2D eigenvalue weighted by molar-refractivity contribution is -0.337. The van der Waals surface area contributed by atoms with E-state index in [-0.39, 0.29) is 0 Å². The minimum absolute atomic E-state index is 0.820. The van der Waals surface area contributed by atoms with E-state index in [0.29, 0.717) is 0 Å². The van der Waals surface area contributed by atoms with E-state index in [1.807, 2.05) is 0 Å². The molecule has 3 nitrogen and oxygen atoms in total. The molecule has 0 bridgehead atoms. The molecule has 0 heterocycles. The van der Waals surface area contributed by atoms with Crippen molar-refractivity contribution in [2.45, 2.75) is 30.3 Å². The Morgan fingerprint density at radius 3 is 1.89 bits per heavy atom. The maximum absolute atomic E-state index is 13.1. The molecule has 0 aromatic rings. The topological polar surface area (TPSA) is 38.7 Å². The van der Waals surface area contributed by atoms with Crippen LogP contribution in [0.15, 0.2) is 0 Å². The van der Waals surface area contributed by atoms with E-state index < -0.39 is 43.5 Å². The fourth-order valence-electron chi connectivity index (χ4n) is 1.10. The summed E-state index contributed by atoms with van der Waals surface area (Å²) in [5.74, 6) is -16.0. The third-order valence-corrected chi connectivity index (χ3v) is 2.24. The maximum atomic E-state index is 13.1. The van der Waals surface area contributed by atoms with Crippen LogP contribution in [0.4, 0.5) is 26.3 Å². The highest BCUT2D eigenvalue weighted by Crippen LogP contribution is 2.48. The van der Waals surface area contributed by atoms with Gasteiger partial charge >= 0.3 is 17.8 Å². The summed E-state index contributed by atoms with van der Waals surface area (Å²) in [6.07, 6.45) is -4.63. The average Bonchev–Trinajstić information content (AvgIpc) is 2.26. The van der Waals surface area contributed by atoms with Crippen LogP contribution in [0.2, 0.25) is 0 Å². The summed E-state index contributed by atoms with van der Waals surface area (Å²) >= 11 is 0. The predicted molar refractivity (Wildman–Crippen MR) is 49.2 cm³/mol.